The van der Waals surface area contributed by atoms with Crippen molar-refractivity contribution in [1.29, 1.82) is 0 Å². The summed E-state index contributed by atoms with van der Waals surface area (Å²) in [4.78, 5) is 24.5. The van der Waals surface area contributed by atoms with Crippen molar-refractivity contribution >= 4 is 11.8 Å². The number of carbonyl (C=O) groups excluding carboxylic acids is 2. The van der Waals surface area contributed by atoms with Crippen molar-refractivity contribution in [3.63, 3.8) is 0 Å². The van der Waals surface area contributed by atoms with Crippen LogP contribution in [0.2, 0.25) is 0 Å². The van der Waals surface area contributed by atoms with Crippen LogP contribution in [0.4, 0.5) is 0 Å². The van der Waals surface area contributed by atoms with E-state index in [-0.39, 0.29) is 11.8 Å². The molecule has 0 aliphatic carbocycles. The van der Waals surface area contributed by atoms with Crippen LogP contribution in [-0.4, -0.2) is 11.8 Å². The molecule has 0 saturated heterocycles. The normalized spacial score (nSPS) is 12.6. The quantitative estimate of drug-likeness (QED) is 0.463. The zero-order valence-corrected chi connectivity index (χ0v) is 16.6. The second kappa shape index (κ2) is 10.3. The van der Waals surface area contributed by atoms with Gasteiger partial charge in [0, 0.05) is 13.1 Å². The van der Waals surface area contributed by atoms with Gasteiger partial charge in [-0.3, -0.25) is 9.59 Å². The molecule has 6 nitrogen and oxygen atoms in total. The van der Waals surface area contributed by atoms with E-state index in [0.717, 1.165) is 22.3 Å². The Balaban J connectivity index is 1.47. The number of benzene rings is 3. The van der Waals surface area contributed by atoms with E-state index in [1.54, 1.807) is 0 Å². The van der Waals surface area contributed by atoms with Crippen molar-refractivity contribution in [3.8, 4) is 0 Å². The second-order valence-corrected chi connectivity index (χ2v) is 7.03. The number of nitrogens with two attached hydrogens (primary N) is 2. The summed E-state index contributed by atoms with van der Waals surface area (Å²) in [7, 11) is 0. The van der Waals surface area contributed by atoms with Crippen LogP contribution in [0.25, 0.3) is 0 Å². The number of carbonyl (C=O) groups is 2. The zero-order valence-electron chi connectivity index (χ0n) is 16.6. The fourth-order valence-electron chi connectivity index (χ4n) is 3.00. The maximum absolute atomic E-state index is 12.2. The van der Waals surface area contributed by atoms with E-state index in [4.69, 9.17) is 11.5 Å². The third kappa shape index (κ3) is 5.76. The van der Waals surface area contributed by atoms with Crippen LogP contribution in [0, 0.1) is 0 Å². The summed E-state index contributed by atoms with van der Waals surface area (Å²) < 4.78 is 0. The van der Waals surface area contributed by atoms with Crippen LogP contribution >= 0.6 is 0 Å². The minimum absolute atomic E-state index is 0.229. The fourth-order valence-corrected chi connectivity index (χ4v) is 3.00. The van der Waals surface area contributed by atoms with Crippen molar-refractivity contribution < 1.29 is 9.59 Å². The van der Waals surface area contributed by atoms with Crippen molar-refractivity contribution in [1.82, 2.24) is 10.6 Å². The van der Waals surface area contributed by atoms with E-state index >= 15 is 0 Å². The molecular formula is C24H26N4O2. The molecule has 0 aliphatic heterocycles. The highest BCUT2D eigenvalue weighted by Gasteiger charge is 2.16. The molecule has 30 heavy (non-hydrogen) atoms. The molecule has 0 aliphatic rings. The second-order valence-electron chi connectivity index (χ2n) is 7.03. The number of nitrogens with one attached hydrogen (secondary N) is 2. The van der Waals surface area contributed by atoms with Crippen molar-refractivity contribution in [2.75, 3.05) is 0 Å². The van der Waals surface area contributed by atoms with Gasteiger partial charge in [0.15, 0.2) is 0 Å². The first-order valence-corrected chi connectivity index (χ1v) is 9.79. The Morgan fingerprint density at radius 3 is 1.27 bits per heavy atom. The molecule has 154 valence electrons. The van der Waals surface area contributed by atoms with Crippen LogP contribution in [0.15, 0.2) is 84.9 Å². The predicted octanol–water partition coefficient (Wildman–Crippen LogP) is 2.32. The smallest absolute Gasteiger partial charge is 0.241 e. The van der Waals surface area contributed by atoms with Gasteiger partial charge in [0.25, 0.3) is 0 Å². The lowest BCUT2D eigenvalue weighted by atomic mass is 10.1. The largest absolute Gasteiger partial charge is 0.350 e. The average Bonchev–Trinajstić information content (AvgIpc) is 2.81. The van der Waals surface area contributed by atoms with E-state index < -0.39 is 12.1 Å². The average molecular weight is 402 g/mol. The van der Waals surface area contributed by atoms with Gasteiger partial charge in [-0.2, -0.15) is 0 Å². The lowest BCUT2D eigenvalue weighted by Crippen LogP contribution is -2.34. The molecule has 3 rings (SSSR count). The molecule has 0 heterocycles. The van der Waals surface area contributed by atoms with Gasteiger partial charge in [-0.05, 0) is 22.3 Å². The maximum atomic E-state index is 12.2. The summed E-state index contributed by atoms with van der Waals surface area (Å²) >= 11 is 0. The molecule has 2 amide bonds. The van der Waals surface area contributed by atoms with Crippen LogP contribution in [0.1, 0.15) is 34.3 Å². The van der Waals surface area contributed by atoms with Gasteiger partial charge >= 0.3 is 0 Å². The van der Waals surface area contributed by atoms with Crippen molar-refractivity contribution in [2.45, 2.75) is 25.2 Å². The number of hydrogen-bond acceptors (Lipinski definition) is 4. The Hall–Kier alpha value is -3.48. The van der Waals surface area contributed by atoms with Gasteiger partial charge in [-0.25, -0.2) is 0 Å². The molecule has 2 unspecified atom stereocenters. The van der Waals surface area contributed by atoms with Crippen molar-refractivity contribution in [2.24, 2.45) is 11.5 Å². The van der Waals surface area contributed by atoms with Gasteiger partial charge in [0.2, 0.25) is 11.8 Å². The van der Waals surface area contributed by atoms with Gasteiger partial charge in [-0.1, -0.05) is 84.9 Å². The summed E-state index contributed by atoms with van der Waals surface area (Å²) in [6.45, 7) is 0.760. The monoisotopic (exact) mass is 402 g/mol. The summed E-state index contributed by atoms with van der Waals surface area (Å²) in [5.74, 6) is -0.458. The first-order chi connectivity index (χ1) is 14.5. The zero-order chi connectivity index (χ0) is 21.3. The molecule has 0 fully saturated rings. The van der Waals surface area contributed by atoms with Gasteiger partial charge in [-0.15, -0.1) is 0 Å². The predicted molar refractivity (Wildman–Crippen MR) is 117 cm³/mol. The summed E-state index contributed by atoms with van der Waals surface area (Å²) in [6.07, 6.45) is 0. The van der Waals surface area contributed by atoms with Crippen LogP contribution < -0.4 is 22.1 Å². The Kier molecular flexibility index (Phi) is 7.32. The Morgan fingerprint density at radius 2 is 0.933 bits per heavy atom. The molecular weight excluding hydrogens is 376 g/mol. The number of amides is 2. The third-order valence-electron chi connectivity index (χ3n) is 4.84. The van der Waals surface area contributed by atoms with Gasteiger partial charge in [0.1, 0.15) is 12.1 Å². The molecule has 3 aromatic rings. The van der Waals surface area contributed by atoms with E-state index in [2.05, 4.69) is 10.6 Å². The SMILES string of the molecule is NC(C(=O)NCc1ccc(CNC(=O)C(N)c2ccccc2)cc1)c1ccccc1. The van der Waals surface area contributed by atoms with Crippen LogP contribution in [-0.2, 0) is 22.7 Å². The lowest BCUT2D eigenvalue weighted by Gasteiger charge is -2.14. The Bertz CT molecular complexity index is 879. The lowest BCUT2D eigenvalue weighted by molar-refractivity contribution is -0.123. The topological polar surface area (TPSA) is 110 Å². The van der Waals surface area contributed by atoms with Gasteiger partial charge in [0.05, 0.1) is 0 Å². The summed E-state index contributed by atoms with van der Waals surface area (Å²) in [5, 5.41) is 5.70. The van der Waals surface area contributed by atoms with E-state index in [0.29, 0.717) is 13.1 Å². The first-order valence-electron chi connectivity index (χ1n) is 9.79. The highest BCUT2D eigenvalue weighted by Crippen LogP contribution is 2.12. The Labute approximate surface area is 176 Å². The minimum Gasteiger partial charge on any atom is -0.350 e. The number of hydrogen-bond donors (Lipinski definition) is 4. The van der Waals surface area contributed by atoms with Crippen LogP contribution in [0.5, 0.6) is 0 Å². The molecule has 0 bridgehead atoms. The summed E-state index contributed by atoms with van der Waals surface area (Å²) in [6, 6.07) is 24.7. The molecule has 3 aromatic carbocycles. The molecule has 0 radical (unpaired) electrons. The van der Waals surface area contributed by atoms with Gasteiger partial charge < -0.3 is 22.1 Å². The van der Waals surface area contributed by atoms with Crippen LogP contribution in [0.3, 0.4) is 0 Å². The molecule has 0 spiro atoms. The molecule has 6 heteroatoms. The molecule has 0 saturated carbocycles. The summed E-state index contributed by atoms with van der Waals surface area (Å²) in [5.41, 5.74) is 15.4. The molecule has 0 aromatic heterocycles. The maximum Gasteiger partial charge on any atom is 0.241 e. The highest BCUT2D eigenvalue weighted by molar-refractivity contribution is 5.83. The third-order valence-corrected chi connectivity index (χ3v) is 4.84. The van der Waals surface area contributed by atoms with E-state index in [1.165, 1.54) is 0 Å². The molecule has 2 atom stereocenters. The molecule has 6 N–H and O–H groups in total. The first kappa shape index (κ1) is 21.2. The van der Waals surface area contributed by atoms with Crippen molar-refractivity contribution in [3.05, 3.63) is 107 Å². The van der Waals surface area contributed by atoms with E-state index in [1.807, 2.05) is 84.9 Å². The fraction of sp³-hybridized carbons (Fsp3) is 0.167. The number of rotatable bonds is 8. The standard InChI is InChI=1S/C24H26N4O2/c25-21(19-7-3-1-4-8-19)23(29)27-15-17-11-13-18(14-12-17)16-28-24(30)22(26)20-9-5-2-6-10-20/h1-14,21-22H,15-16,25-26H2,(H,27,29)(H,28,30). The highest BCUT2D eigenvalue weighted by atomic mass is 16.2. The van der Waals surface area contributed by atoms with E-state index in [9.17, 15) is 9.59 Å². The minimum atomic E-state index is -0.700. The Morgan fingerprint density at radius 1 is 0.600 bits per heavy atom.